The number of pyridine rings is 1. The third-order valence-corrected chi connectivity index (χ3v) is 4.78. The number of likely N-dealkylation sites (tertiary alicyclic amines) is 2. The van der Waals surface area contributed by atoms with Crippen molar-refractivity contribution < 1.29 is 29.4 Å². The number of rotatable bonds is 4. The number of amides is 2. The van der Waals surface area contributed by atoms with Crippen LogP contribution in [0.3, 0.4) is 0 Å². The van der Waals surface area contributed by atoms with Gasteiger partial charge in [-0.15, -0.1) is 0 Å². The fraction of sp³-hybridized carbons (Fsp3) is 0.471. The van der Waals surface area contributed by atoms with E-state index in [9.17, 15) is 29.4 Å². The molecule has 2 aliphatic rings. The minimum absolute atomic E-state index is 0.0185. The van der Waals surface area contributed by atoms with E-state index in [-0.39, 0.29) is 11.4 Å². The number of nitrogens with zero attached hydrogens (tertiary/aromatic N) is 3. The molecule has 138 valence electrons. The molecule has 3 rings (SSSR count). The summed E-state index contributed by atoms with van der Waals surface area (Å²) in [5, 5.41) is 18.4. The van der Waals surface area contributed by atoms with Gasteiger partial charge in [-0.2, -0.15) is 0 Å². The Morgan fingerprint density at radius 1 is 0.846 bits per heavy atom. The summed E-state index contributed by atoms with van der Waals surface area (Å²) in [4.78, 5) is 54.3. The van der Waals surface area contributed by atoms with Gasteiger partial charge in [0.15, 0.2) is 0 Å². The van der Waals surface area contributed by atoms with Crippen molar-refractivity contribution >= 4 is 23.8 Å². The number of aliphatic carboxylic acids is 2. The molecule has 0 saturated carbocycles. The monoisotopic (exact) mass is 361 g/mol. The van der Waals surface area contributed by atoms with Gasteiger partial charge in [-0.25, -0.2) is 14.6 Å². The lowest BCUT2D eigenvalue weighted by Gasteiger charge is -2.22. The molecule has 2 fully saturated rings. The van der Waals surface area contributed by atoms with Gasteiger partial charge in [0.2, 0.25) is 0 Å². The molecule has 2 amide bonds. The number of carboxylic acid groups (broad SMARTS) is 2. The highest BCUT2D eigenvalue weighted by Crippen LogP contribution is 2.22. The van der Waals surface area contributed by atoms with Crippen molar-refractivity contribution in [3.63, 3.8) is 0 Å². The second-order valence-electron chi connectivity index (χ2n) is 6.40. The molecule has 9 heteroatoms. The van der Waals surface area contributed by atoms with Gasteiger partial charge >= 0.3 is 11.9 Å². The van der Waals surface area contributed by atoms with Gasteiger partial charge in [0, 0.05) is 13.1 Å². The minimum Gasteiger partial charge on any atom is -0.480 e. The van der Waals surface area contributed by atoms with E-state index in [4.69, 9.17) is 0 Å². The van der Waals surface area contributed by atoms with Crippen LogP contribution in [0.15, 0.2) is 18.2 Å². The standard InChI is InChI=1S/C17H19N3O6/c21-14(19-8-2-6-12(19)16(23)24)10-4-1-5-11(18-10)15(22)20-9-3-7-13(20)17(25)26/h1,4-5,12-13H,2-3,6-9H2,(H,23,24)(H,25,26). The third kappa shape index (κ3) is 3.24. The summed E-state index contributed by atoms with van der Waals surface area (Å²) < 4.78 is 0. The first kappa shape index (κ1) is 17.8. The SMILES string of the molecule is O=C(O)C1CCCN1C(=O)c1cccc(C(=O)N2CCCC2C(=O)O)n1. The van der Waals surface area contributed by atoms with E-state index < -0.39 is 35.8 Å². The molecule has 0 spiro atoms. The molecule has 2 aliphatic heterocycles. The second-order valence-corrected chi connectivity index (χ2v) is 6.40. The predicted octanol–water partition coefficient (Wildman–Crippen LogP) is 0.460. The van der Waals surface area contributed by atoms with Crippen LogP contribution in [0.2, 0.25) is 0 Å². The molecule has 1 aromatic heterocycles. The fourth-order valence-electron chi connectivity index (χ4n) is 3.50. The van der Waals surface area contributed by atoms with Gasteiger partial charge in [0.05, 0.1) is 0 Å². The third-order valence-electron chi connectivity index (χ3n) is 4.78. The van der Waals surface area contributed by atoms with E-state index in [1.165, 1.54) is 28.0 Å². The van der Waals surface area contributed by atoms with E-state index in [0.717, 1.165) is 0 Å². The normalized spacial score (nSPS) is 22.5. The lowest BCUT2D eigenvalue weighted by Crippen LogP contribution is -2.42. The summed E-state index contributed by atoms with van der Waals surface area (Å²) in [7, 11) is 0. The van der Waals surface area contributed by atoms with Gasteiger partial charge in [-0.05, 0) is 37.8 Å². The van der Waals surface area contributed by atoms with Crippen LogP contribution in [-0.4, -0.2) is 73.9 Å². The van der Waals surface area contributed by atoms with Gasteiger partial charge in [0.1, 0.15) is 23.5 Å². The summed E-state index contributed by atoms with van der Waals surface area (Å²) in [5.41, 5.74) is -0.0369. The molecule has 0 bridgehead atoms. The molecule has 1 aromatic rings. The molecule has 2 atom stereocenters. The zero-order valence-electron chi connectivity index (χ0n) is 14.0. The Hall–Kier alpha value is -2.97. The number of aromatic nitrogens is 1. The molecule has 3 heterocycles. The van der Waals surface area contributed by atoms with E-state index in [0.29, 0.717) is 38.8 Å². The summed E-state index contributed by atoms with van der Waals surface area (Å²) in [5.74, 6) is -3.21. The van der Waals surface area contributed by atoms with Crippen molar-refractivity contribution in [2.75, 3.05) is 13.1 Å². The first-order valence-electron chi connectivity index (χ1n) is 8.44. The molecule has 2 saturated heterocycles. The number of hydrogen-bond acceptors (Lipinski definition) is 5. The van der Waals surface area contributed by atoms with Crippen molar-refractivity contribution in [1.82, 2.24) is 14.8 Å². The van der Waals surface area contributed by atoms with Crippen molar-refractivity contribution in [2.45, 2.75) is 37.8 Å². The van der Waals surface area contributed by atoms with Gasteiger partial charge < -0.3 is 20.0 Å². The average molecular weight is 361 g/mol. The Kier molecular flexibility index (Phi) is 4.88. The van der Waals surface area contributed by atoms with Crippen LogP contribution in [0.5, 0.6) is 0 Å². The van der Waals surface area contributed by atoms with Crippen molar-refractivity contribution in [2.24, 2.45) is 0 Å². The molecular formula is C17H19N3O6. The Labute approximate surface area is 149 Å². The molecule has 0 aliphatic carbocycles. The molecule has 2 unspecified atom stereocenters. The highest BCUT2D eigenvalue weighted by molar-refractivity contribution is 5.99. The highest BCUT2D eigenvalue weighted by Gasteiger charge is 2.37. The zero-order valence-corrected chi connectivity index (χ0v) is 14.0. The van der Waals surface area contributed by atoms with E-state index in [1.807, 2.05) is 0 Å². The smallest absolute Gasteiger partial charge is 0.326 e. The maximum Gasteiger partial charge on any atom is 0.326 e. The second kappa shape index (κ2) is 7.11. The van der Waals surface area contributed by atoms with E-state index in [2.05, 4.69) is 4.98 Å². The van der Waals surface area contributed by atoms with Crippen LogP contribution >= 0.6 is 0 Å². The van der Waals surface area contributed by atoms with Crippen LogP contribution in [0.4, 0.5) is 0 Å². The van der Waals surface area contributed by atoms with Crippen LogP contribution in [0, 0.1) is 0 Å². The van der Waals surface area contributed by atoms with Crippen LogP contribution < -0.4 is 0 Å². The number of carbonyl (C=O) groups is 4. The largest absolute Gasteiger partial charge is 0.480 e. The molecule has 0 aromatic carbocycles. The van der Waals surface area contributed by atoms with Crippen molar-refractivity contribution in [3.05, 3.63) is 29.6 Å². The summed E-state index contributed by atoms with van der Waals surface area (Å²) >= 11 is 0. The lowest BCUT2D eigenvalue weighted by atomic mass is 10.2. The van der Waals surface area contributed by atoms with Crippen LogP contribution in [0.1, 0.15) is 46.7 Å². The zero-order chi connectivity index (χ0) is 18.8. The first-order chi connectivity index (χ1) is 12.4. The molecule has 9 nitrogen and oxygen atoms in total. The summed E-state index contributed by atoms with van der Waals surface area (Å²) in [6, 6.07) is 2.56. The number of hydrogen-bond donors (Lipinski definition) is 2. The Balaban J connectivity index is 1.82. The van der Waals surface area contributed by atoms with Crippen LogP contribution in [-0.2, 0) is 9.59 Å². The Morgan fingerprint density at radius 2 is 1.27 bits per heavy atom. The quantitative estimate of drug-likeness (QED) is 0.797. The van der Waals surface area contributed by atoms with Gasteiger partial charge in [0.25, 0.3) is 11.8 Å². The molecule has 0 radical (unpaired) electrons. The van der Waals surface area contributed by atoms with Gasteiger partial charge in [-0.1, -0.05) is 6.07 Å². The van der Waals surface area contributed by atoms with Crippen molar-refractivity contribution in [3.8, 4) is 0 Å². The molecule has 2 N–H and O–H groups in total. The number of carbonyl (C=O) groups excluding carboxylic acids is 2. The van der Waals surface area contributed by atoms with Gasteiger partial charge in [-0.3, -0.25) is 9.59 Å². The summed E-state index contributed by atoms with van der Waals surface area (Å²) in [6.07, 6.45) is 1.95. The first-order valence-corrected chi connectivity index (χ1v) is 8.44. The molecule has 26 heavy (non-hydrogen) atoms. The van der Waals surface area contributed by atoms with E-state index >= 15 is 0 Å². The Morgan fingerprint density at radius 3 is 1.65 bits per heavy atom. The fourth-order valence-corrected chi connectivity index (χ4v) is 3.50. The maximum absolute atomic E-state index is 12.6. The highest BCUT2D eigenvalue weighted by atomic mass is 16.4. The minimum atomic E-state index is -1.07. The predicted molar refractivity (Wildman–Crippen MR) is 87.6 cm³/mol. The van der Waals surface area contributed by atoms with Crippen LogP contribution in [0.25, 0.3) is 0 Å². The Bertz CT molecular complexity index is 705. The maximum atomic E-state index is 12.6. The van der Waals surface area contributed by atoms with Crippen molar-refractivity contribution in [1.29, 1.82) is 0 Å². The number of carboxylic acids is 2. The summed E-state index contributed by atoms with van der Waals surface area (Å²) in [6.45, 7) is 0.645. The topological polar surface area (TPSA) is 128 Å². The average Bonchev–Trinajstić information content (AvgIpc) is 3.29. The molecular weight excluding hydrogens is 342 g/mol. The lowest BCUT2D eigenvalue weighted by molar-refractivity contribution is -0.142. The van der Waals surface area contributed by atoms with E-state index in [1.54, 1.807) is 0 Å².